The second-order valence-corrected chi connectivity index (χ2v) is 8.45. The molecule has 0 radical (unpaired) electrons. The number of aryl methyl sites for hydroxylation is 2. The van der Waals surface area contributed by atoms with E-state index in [1.165, 1.54) is 17.5 Å². The van der Waals surface area contributed by atoms with E-state index in [1.807, 2.05) is 6.92 Å². The molecule has 1 aromatic heterocycles. The van der Waals surface area contributed by atoms with Crippen molar-refractivity contribution in [3.05, 3.63) is 51.0 Å². The topological polar surface area (TPSA) is 36.4 Å². The molecule has 1 aliphatic heterocycles. The molecule has 0 spiro atoms. The molecule has 1 aliphatic rings. The molecule has 1 fully saturated rings. The molecule has 140 valence electrons. The Bertz CT molecular complexity index is 751. The monoisotopic (exact) mass is 371 g/mol. The van der Waals surface area contributed by atoms with Gasteiger partial charge in [0.05, 0.1) is 16.7 Å². The van der Waals surface area contributed by atoms with Crippen LogP contribution in [0.4, 0.5) is 0 Å². The number of carbonyl (C=O) groups excluding carboxylic acids is 1. The molecule has 4 nitrogen and oxygen atoms in total. The van der Waals surface area contributed by atoms with Crippen molar-refractivity contribution in [1.82, 2.24) is 14.8 Å². The molecule has 0 N–H and O–H groups in total. The zero-order chi connectivity index (χ0) is 18.7. The van der Waals surface area contributed by atoms with E-state index in [2.05, 4.69) is 60.1 Å². The second kappa shape index (κ2) is 8.31. The van der Waals surface area contributed by atoms with Crippen molar-refractivity contribution >= 4 is 17.2 Å². The fourth-order valence-corrected chi connectivity index (χ4v) is 4.62. The fourth-order valence-electron chi connectivity index (χ4n) is 3.66. The van der Waals surface area contributed by atoms with Crippen LogP contribution < -0.4 is 0 Å². The van der Waals surface area contributed by atoms with Gasteiger partial charge in [0, 0.05) is 13.1 Å². The number of benzene rings is 1. The maximum absolute atomic E-state index is 13.2. The second-order valence-electron chi connectivity index (χ2n) is 7.37. The molecule has 0 bridgehead atoms. The van der Waals surface area contributed by atoms with Gasteiger partial charge in [0.15, 0.2) is 0 Å². The molecule has 1 unspecified atom stereocenters. The molecule has 0 saturated carbocycles. The van der Waals surface area contributed by atoms with Crippen molar-refractivity contribution in [3.63, 3.8) is 0 Å². The number of hydrogen-bond acceptors (Lipinski definition) is 4. The maximum atomic E-state index is 13.2. The molecule has 1 amide bonds. The molecular formula is C21H29N3OS. The van der Waals surface area contributed by atoms with Gasteiger partial charge in [-0.3, -0.25) is 4.79 Å². The predicted molar refractivity (Wildman–Crippen MR) is 108 cm³/mol. The first-order chi connectivity index (χ1) is 12.5. The minimum absolute atomic E-state index is 0.154. The van der Waals surface area contributed by atoms with Crippen LogP contribution in [0.2, 0.25) is 0 Å². The van der Waals surface area contributed by atoms with Crippen molar-refractivity contribution in [3.8, 4) is 0 Å². The van der Waals surface area contributed by atoms with Gasteiger partial charge in [0.2, 0.25) is 0 Å². The third-order valence-corrected chi connectivity index (χ3v) is 6.25. The van der Waals surface area contributed by atoms with E-state index in [0.29, 0.717) is 0 Å². The summed E-state index contributed by atoms with van der Waals surface area (Å²) in [6.45, 7) is 5.82. The van der Waals surface area contributed by atoms with Crippen LogP contribution in [0.15, 0.2) is 24.3 Å². The Hall–Kier alpha value is -1.72. The lowest BCUT2D eigenvalue weighted by Gasteiger charge is -2.36. The summed E-state index contributed by atoms with van der Waals surface area (Å²) in [6.07, 6.45) is 4.18. The zero-order valence-electron chi connectivity index (χ0n) is 16.3. The number of hydrogen-bond donors (Lipinski definition) is 0. The summed E-state index contributed by atoms with van der Waals surface area (Å²) in [4.78, 5) is 22.8. The summed E-state index contributed by atoms with van der Waals surface area (Å²) in [7, 11) is 4.16. The molecular weight excluding hydrogens is 342 g/mol. The van der Waals surface area contributed by atoms with E-state index in [-0.39, 0.29) is 11.9 Å². The first kappa shape index (κ1) is 19.1. The Morgan fingerprint density at radius 1 is 1.27 bits per heavy atom. The molecule has 5 heteroatoms. The van der Waals surface area contributed by atoms with Gasteiger partial charge >= 0.3 is 0 Å². The van der Waals surface area contributed by atoms with Crippen molar-refractivity contribution in [2.24, 2.45) is 0 Å². The lowest BCUT2D eigenvalue weighted by atomic mass is 9.94. The quantitative estimate of drug-likeness (QED) is 0.779. The summed E-state index contributed by atoms with van der Waals surface area (Å²) in [5, 5.41) is 1.05. The molecule has 0 aliphatic carbocycles. The van der Waals surface area contributed by atoms with Gasteiger partial charge in [-0.2, -0.15) is 0 Å². The van der Waals surface area contributed by atoms with Crippen LogP contribution in [0.1, 0.15) is 63.7 Å². The van der Waals surface area contributed by atoms with Crippen molar-refractivity contribution in [2.75, 3.05) is 20.6 Å². The summed E-state index contributed by atoms with van der Waals surface area (Å²) in [5.74, 6) is 0.154. The molecule has 1 saturated heterocycles. The van der Waals surface area contributed by atoms with Gasteiger partial charge in [-0.1, -0.05) is 31.2 Å². The Labute approximate surface area is 160 Å². The zero-order valence-corrected chi connectivity index (χ0v) is 17.1. The third kappa shape index (κ3) is 4.15. The highest BCUT2D eigenvalue weighted by molar-refractivity contribution is 7.13. The first-order valence-corrected chi connectivity index (χ1v) is 10.3. The van der Waals surface area contributed by atoms with Crippen LogP contribution in [0, 0.1) is 6.92 Å². The number of aromatic nitrogens is 1. The summed E-state index contributed by atoms with van der Waals surface area (Å²) < 4.78 is 0. The molecule has 26 heavy (non-hydrogen) atoms. The number of carbonyl (C=O) groups is 1. The smallest absolute Gasteiger partial charge is 0.266 e. The third-order valence-electron chi connectivity index (χ3n) is 4.96. The highest BCUT2D eigenvalue weighted by Gasteiger charge is 2.30. The minimum atomic E-state index is 0.154. The van der Waals surface area contributed by atoms with Crippen LogP contribution in [0.3, 0.4) is 0 Å². The van der Waals surface area contributed by atoms with Gasteiger partial charge in [0.1, 0.15) is 4.88 Å². The SMILES string of the molecule is CCc1nc(C)c(C(=O)N2CCCCC2c2ccc(CN(C)C)cc2)s1. The molecule has 3 rings (SSSR count). The lowest BCUT2D eigenvalue weighted by molar-refractivity contribution is 0.0615. The minimum Gasteiger partial charge on any atom is -0.331 e. The largest absolute Gasteiger partial charge is 0.331 e. The number of amides is 1. The highest BCUT2D eigenvalue weighted by atomic mass is 32.1. The summed E-state index contributed by atoms with van der Waals surface area (Å²) in [6, 6.07) is 8.97. The van der Waals surface area contributed by atoms with E-state index in [1.54, 1.807) is 11.3 Å². The van der Waals surface area contributed by atoms with Gasteiger partial charge in [0.25, 0.3) is 5.91 Å². The average molecular weight is 372 g/mol. The number of nitrogens with zero attached hydrogens (tertiary/aromatic N) is 3. The Morgan fingerprint density at radius 2 is 2.00 bits per heavy atom. The lowest BCUT2D eigenvalue weighted by Crippen LogP contribution is -2.38. The fraction of sp³-hybridized carbons (Fsp3) is 0.524. The van der Waals surface area contributed by atoms with E-state index in [0.717, 1.165) is 47.9 Å². The van der Waals surface area contributed by atoms with Gasteiger partial charge in [-0.25, -0.2) is 4.98 Å². The summed E-state index contributed by atoms with van der Waals surface area (Å²) >= 11 is 1.56. The van der Waals surface area contributed by atoms with E-state index in [4.69, 9.17) is 0 Å². The molecule has 1 atom stereocenters. The van der Waals surface area contributed by atoms with Gasteiger partial charge in [-0.05, 0) is 57.8 Å². The molecule has 1 aromatic carbocycles. The maximum Gasteiger partial charge on any atom is 0.266 e. The average Bonchev–Trinajstić information content (AvgIpc) is 3.02. The summed E-state index contributed by atoms with van der Waals surface area (Å²) in [5.41, 5.74) is 3.43. The first-order valence-electron chi connectivity index (χ1n) is 9.50. The highest BCUT2D eigenvalue weighted by Crippen LogP contribution is 2.34. The van der Waals surface area contributed by atoms with Crippen LogP contribution in [0.25, 0.3) is 0 Å². The number of thiazole rings is 1. The van der Waals surface area contributed by atoms with Crippen molar-refractivity contribution in [1.29, 1.82) is 0 Å². The van der Waals surface area contributed by atoms with Crippen molar-refractivity contribution in [2.45, 2.75) is 52.1 Å². The van der Waals surface area contributed by atoms with Gasteiger partial charge in [-0.15, -0.1) is 11.3 Å². The van der Waals surface area contributed by atoms with Crippen LogP contribution in [-0.4, -0.2) is 41.3 Å². The van der Waals surface area contributed by atoms with E-state index >= 15 is 0 Å². The Morgan fingerprint density at radius 3 is 2.62 bits per heavy atom. The van der Waals surface area contributed by atoms with E-state index in [9.17, 15) is 4.79 Å². The van der Waals surface area contributed by atoms with Crippen LogP contribution >= 0.6 is 11.3 Å². The number of piperidine rings is 1. The molecule has 2 heterocycles. The Kier molecular flexibility index (Phi) is 6.09. The molecule has 2 aromatic rings. The van der Waals surface area contributed by atoms with Crippen LogP contribution in [-0.2, 0) is 13.0 Å². The standard InChI is InChI=1S/C21H29N3OS/c1-5-19-22-15(2)20(26-19)21(25)24-13-7-6-8-18(24)17-11-9-16(10-12-17)14-23(3)4/h9-12,18H,5-8,13-14H2,1-4H3. The number of likely N-dealkylation sites (tertiary alicyclic amines) is 1. The van der Waals surface area contributed by atoms with E-state index < -0.39 is 0 Å². The number of rotatable bonds is 5. The predicted octanol–water partition coefficient (Wildman–Crippen LogP) is 4.44. The van der Waals surface area contributed by atoms with Crippen LogP contribution in [0.5, 0.6) is 0 Å². The normalized spacial score (nSPS) is 17.7. The Balaban J connectivity index is 1.83. The van der Waals surface area contributed by atoms with Gasteiger partial charge < -0.3 is 9.80 Å². The van der Waals surface area contributed by atoms with Crippen molar-refractivity contribution < 1.29 is 4.79 Å².